The molecular weight excluding hydrogens is 425 g/mol. The highest BCUT2D eigenvalue weighted by atomic mass is 19.4. The molecule has 0 radical (unpaired) electrons. The molecule has 0 bridgehead atoms. The molecule has 1 aromatic rings. The molecule has 174 valence electrons. The third-order valence-corrected chi connectivity index (χ3v) is 4.89. The summed E-state index contributed by atoms with van der Waals surface area (Å²) in [7, 11) is 0. The number of aryl methyl sites for hydroxylation is 1. The van der Waals surface area contributed by atoms with Crippen molar-refractivity contribution in [2.24, 2.45) is 0 Å². The van der Waals surface area contributed by atoms with Crippen molar-refractivity contribution in [1.82, 2.24) is 0 Å². The predicted octanol–water partition coefficient (Wildman–Crippen LogP) is 7.34. The second-order valence-corrected chi connectivity index (χ2v) is 7.40. The van der Waals surface area contributed by atoms with Gasteiger partial charge in [-0.2, -0.15) is 39.5 Å². The Morgan fingerprint density at radius 1 is 0.500 bits per heavy atom. The SMILES string of the molecule is FC(F)(F)C(F)(F)C(F)(F)C(F)(F)CCCCCCCCCCC[n+]1ccccc1. The number of pyridine rings is 1. The minimum atomic E-state index is -6.79. The molecule has 0 unspecified atom stereocenters. The number of hydrogen-bond donors (Lipinski definition) is 0. The van der Waals surface area contributed by atoms with Crippen molar-refractivity contribution in [3.63, 3.8) is 0 Å². The number of hydrogen-bond acceptors (Lipinski definition) is 0. The zero-order valence-electron chi connectivity index (χ0n) is 16.5. The molecule has 0 aromatic carbocycles. The zero-order valence-corrected chi connectivity index (χ0v) is 16.5. The maximum Gasteiger partial charge on any atom is 0.460 e. The van der Waals surface area contributed by atoms with Crippen LogP contribution in [0.25, 0.3) is 0 Å². The molecule has 30 heavy (non-hydrogen) atoms. The lowest BCUT2D eigenvalue weighted by molar-refractivity contribution is -0.697. The van der Waals surface area contributed by atoms with Gasteiger partial charge in [0.1, 0.15) is 6.54 Å². The average molecular weight is 452 g/mol. The summed E-state index contributed by atoms with van der Waals surface area (Å²) in [6.45, 7) is 0.910. The van der Waals surface area contributed by atoms with Gasteiger partial charge in [0.05, 0.1) is 0 Å². The normalized spacial score (nSPS) is 13.6. The van der Waals surface area contributed by atoms with Crippen LogP contribution in [-0.2, 0) is 6.54 Å². The van der Waals surface area contributed by atoms with Crippen molar-refractivity contribution in [2.75, 3.05) is 0 Å². The molecule has 0 aliphatic heterocycles. The van der Waals surface area contributed by atoms with Crippen molar-refractivity contribution in [3.8, 4) is 0 Å². The summed E-state index contributed by atoms with van der Waals surface area (Å²) in [5.74, 6) is -18.7. The average Bonchev–Trinajstić information content (AvgIpc) is 2.65. The Balaban J connectivity index is 2.15. The lowest BCUT2D eigenvalue weighted by Gasteiger charge is -2.33. The van der Waals surface area contributed by atoms with Crippen LogP contribution in [-0.4, -0.2) is 23.9 Å². The second-order valence-electron chi connectivity index (χ2n) is 7.40. The van der Waals surface area contributed by atoms with Gasteiger partial charge in [0.15, 0.2) is 12.4 Å². The lowest BCUT2D eigenvalue weighted by Crippen LogP contribution is -2.60. The van der Waals surface area contributed by atoms with E-state index < -0.39 is 36.8 Å². The molecule has 1 rings (SSSR count). The van der Waals surface area contributed by atoms with E-state index in [0.29, 0.717) is 12.8 Å². The molecule has 0 amide bonds. The van der Waals surface area contributed by atoms with E-state index in [0.717, 1.165) is 38.6 Å². The topological polar surface area (TPSA) is 3.88 Å². The number of aromatic nitrogens is 1. The highest BCUT2D eigenvalue weighted by Crippen LogP contribution is 2.54. The Bertz CT molecular complexity index is 600. The minimum Gasteiger partial charge on any atom is -0.205 e. The van der Waals surface area contributed by atoms with Crippen LogP contribution in [0.15, 0.2) is 30.6 Å². The van der Waals surface area contributed by atoms with E-state index in [1.807, 2.05) is 30.6 Å². The molecule has 0 saturated carbocycles. The molecule has 1 nitrogen and oxygen atoms in total. The maximum atomic E-state index is 13.4. The maximum absolute atomic E-state index is 13.4. The van der Waals surface area contributed by atoms with Gasteiger partial charge >= 0.3 is 23.9 Å². The van der Waals surface area contributed by atoms with E-state index in [1.54, 1.807) is 0 Å². The van der Waals surface area contributed by atoms with Crippen molar-refractivity contribution < 1.29 is 44.1 Å². The summed E-state index contributed by atoms with van der Waals surface area (Å²) in [5, 5.41) is 0. The van der Waals surface area contributed by atoms with Crippen molar-refractivity contribution in [2.45, 2.75) is 94.7 Å². The van der Waals surface area contributed by atoms with Crippen molar-refractivity contribution in [1.29, 1.82) is 0 Å². The van der Waals surface area contributed by atoms with E-state index in [1.165, 1.54) is 0 Å². The van der Waals surface area contributed by atoms with E-state index in [9.17, 15) is 39.5 Å². The Kier molecular flexibility index (Phi) is 9.94. The summed E-state index contributed by atoms with van der Waals surface area (Å²) in [6, 6.07) is 5.82. The van der Waals surface area contributed by atoms with Crippen LogP contribution in [0.1, 0.15) is 64.2 Å². The number of rotatable bonds is 14. The third-order valence-electron chi connectivity index (χ3n) is 4.89. The molecule has 0 N–H and O–H groups in total. The number of halogens is 9. The molecule has 0 aliphatic rings. The van der Waals surface area contributed by atoms with Crippen LogP contribution in [0.3, 0.4) is 0 Å². The molecule has 0 aliphatic carbocycles. The molecule has 0 fully saturated rings. The first-order chi connectivity index (χ1) is 13.8. The van der Waals surface area contributed by atoms with E-state index in [-0.39, 0.29) is 6.42 Å². The Morgan fingerprint density at radius 3 is 1.40 bits per heavy atom. The fourth-order valence-electron chi connectivity index (χ4n) is 3.03. The second kappa shape index (κ2) is 11.2. The van der Waals surface area contributed by atoms with Crippen molar-refractivity contribution >= 4 is 0 Å². The molecule has 0 saturated heterocycles. The molecule has 1 heterocycles. The monoisotopic (exact) mass is 452 g/mol. The first kappa shape index (κ1) is 26.6. The Hall–Kier alpha value is -1.48. The quantitative estimate of drug-likeness (QED) is 0.158. The number of alkyl halides is 9. The van der Waals surface area contributed by atoms with Gasteiger partial charge in [0.25, 0.3) is 0 Å². The van der Waals surface area contributed by atoms with E-state index >= 15 is 0 Å². The summed E-state index contributed by atoms with van der Waals surface area (Å²) < 4.78 is 117. The first-order valence-electron chi connectivity index (χ1n) is 9.97. The van der Waals surface area contributed by atoms with Crippen LogP contribution < -0.4 is 4.57 Å². The summed E-state index contributed by atoms with van der Waals surface area (Å²) >= 11 is 0. The van der Waals surface area contributed by atoms with Gasteiger partial charge in [-0.3, -0.25) is 0 Å². The van der Waals surface area contributed by atoms with Gasteiger partial charge in [-0.25, -0.2) is 4.57 Å². The molecule has 0 spiro atoms. The lowest BCUT2D eigenvalue weighted by atomic mass is 9.97. The van der Waals surface area contributed by atoms with Crippen LogP contribution in [0.5, 0.6) is 0 Å². The van der Waals surface area contributed by atoms with Crippen LogP contribution in [0, 0.1) is 0 Å². The standard InChI is InChI=1S/C20H27F9N/c21-17(22,18(23,24)19(25,26)20(27,28)29)13-9-6-4-2-1-3-5-7-10-14-30-15-11-8-12-16-30/h8,11-12,15-16H,1-7,9-10,13-14H2/q+1. The Morgan fingerprint density at radius 2 is 0.933 bits per heavy atom. The first-order valence-corrected chi connectivity index (χ1v) is 9.97. The van der Waals surface area contributed by atoms with Crippen LogP contribution in [0.4, 0.5) is 39.5 Å². The predicted molar refractivity (Wildman–Crippen MR) is 93.7 cm³/mol. The summed E-state index contributed by atoms with van der Waals surface area (Å²) in [4.78, 5) is 0. The van der Waals surface area contributed by atoms with Gasteiger partial charge in [-0.15, -0.1) is 0 Å². The van der Waals surface area contributed by atoms with Gasteiger partial charge in [0, 0.05) is 25.0 Å². The molecule has 1 aromatic heterocycles. The minimum absolute atomic E-state index is 0.0634. The molecule has 0 atom stereocenters. The fraction of sp³-hybridized carbons (Fsp3) is 0.750. The highest BCUT2D eigenvalue weighted by Gasteiger charge is 2.81. The molecular formula is C20H27F9N+. The van der Waals surface area contributed by atoms with E-state index in [2.05, 4.69) is 4.57 Å². The fourth-order valence-corrected chi connectivity index (χ4v) is 3.03. The largest absolute Gasteiger partial charge is 0.460 e. The van der Waals surface area contributed by atoms with Gasteiger partial charge < -0.3 is 0 Å². The van der Waals surface area contributed by atoms with Crippen molar-refractivity contribution in [3.05, 3.63) is 30.6 Å². The van der Waals surface area contributed by atoms with Crippen LogP contribution in [0.2, 0.25) is 0 Å². The van der Waals surface area contributed by atoms with Gasteiger partial charge in [0.2, 0.25) is 0 Å². The number of unbranched alkanes of at least 4 members (excludes halogenated alkanes) is 8. The van der Waals surface area contributed by atoms with Gasteiger partial charge in [-0.05, 0) is 12.8 Å². The summed E-state index contributed by atoms with van der Waals surface area (Å²) in [5.41, 5.74) is 0. The highest BCUT2D eigenvalue weighted by molar-refractivity contribution is 5.00. The Labute approximate surface area is 170 Å². The zero-order chi connectivity index (χ0) is 22.9. The van der Waals surface area contributed by atoms with E-state index in [4.69, 9.17) is 0 Å². The third kappa shape index (κ3) is 7.34. The molecule has 10 heteroatoms. The smallest absolute Gasteiger partial charge is 0.205 e. The van der Waals surface area contributed by atoms with Crippen LogP contribution >= 0.6 is 0 Å². The number of nitrogens with zero attached hydrogens (tertiary/aromatic N) is 1. The summed E-state index contributed by atoms with van der Waals surface area (Å²) in [6.07, 6.45) is 0.851. The van der Waals surface area contributed by atoms with Gasteiger partial charge in [-0.1, -0.05) is 44.6 Å².